The Morgan fingerprint density at radius 1 is 0.438 bits per heavy atom. The van der Waals surface area contributed by atoms with E-state index in [4.69, 9.17) is 28.4 Å². The lowest BCUT2D eigenvalue weighted by Crippen LogP contribution is -2.64. The minimum atomic E-state index is -5.79. The van der Waals surface area contributed by atoms with Gasteiger partial charge in [-0.05, 0) is 290 Å². The number of alkyl halides is 3. The van der Waals surface area contributed by atoms with E-state index in [9.17, 15) is 55.5 Å². The summed E-state index contributed by atoms with van der Waals surface area (Å²) in [5.74, 6) is 3.13. The molecule has 7 aliphatic heterocycles. The summed E-state index contributed by atoms with van der Waals surface area (Å²) in [4.78, 5) is 66.2. The summed E-state index contributed by atoms with van der Waals surface area (Å²) >= 11 is 0. The lowest BCUT2D eigenvalue weighted by molar-refractivity contribution is -0.139. The van der Waals surface area contributed by atoms with Gasteiger partial charge in [0.1, 0.15) is 66.8 Å². The quantitative estimate of drug-likeness (QED) is 0.0166. The fraction of sp³-hybridized carbons (Fsp3) is 0.591. The number of aliphatic hydroxyl groups excluding tert-OH is 1. The van der Waals surface area contributed by atoms with Gasteiger partial charge < -0.3 is 79.7 Å². The van der Waals surface area contributed by atoms with Crippen LogP contribution in [0.1, 0.15) is 251 Å². The molecule has 1 unspecified atom stereocenters. The third-order valence-corrected chi connectivity index (χ3v) is 23.0. The Bertz CT molecular complexity index is 4510. The van der Waals surface area contributed by atoms with Crippen LogP contribution in [0.5, 0.6) is 23.0 Å². The minimum Gasteiger partial charge on any atom is -0.497 e. The van der Waals surface area contributed by atoms with Crippen LogP contribution in [0.15, 0.2) is 119 Å². The van der Waals surface area contributed by atoms with E-state index in [2.05, 4.69) is 193 Å². The molecule has 8 N–H and O–H groups in total. The van der Waals surface area contributed by atoms with Crippen molar-refractivity contribution in [2.24, 2.45) is 5.92 Å². The number of carbonyl (C=O) groups excluding carboxylic acids is 6. The van der Waals surface area contributed by atoms with E-state index in [1.165, 1.54) is 27.9 Å². The number of ketones is 2. The van der Waals surface area contributed by atoms with Crippen molar-refractivity contribution in [1.82, 2.24) is 37.2 Å². The topological polar surface area (TPSA) is 315 Å². The van der Waals surface area contributed by atoms with Crippen LogP contribution in [0.3, 0.4) is 0 Å². The number of methoxy groups -OCH3 is 3. The smallest absolute Gasteiger partial charge is 0.497 e. The molecule has 121 heavy (non-hydrogen) atoms. The van der Waals surface area contributed by atoms with E-state index in [0.717, 1.165) is 64.3 Å². The molecule has 7 aliphatic rings. The largest absolute Gasteiger partial charge is 0.534 e. The Balaban J connectivity index is 0.000000264. The number of aliphatic hydroxyl groups is 1. The number of amides is 1. The first kappa shape index (κ1) is 103. The molecule has 28 heteroatoms. The van der Waals surface area contributed by atoms with Gasteiger partial charge in [0.15, 0.2) is 0 Å². The second-order valence-corrected chi connectivity index (χ2v) is 40.6. The van der Waals surface area contributed by atoms with Crippen LogP contribution in [0.4, 0.5) is 13.2 Å². The molecule has 0 aromatic heterocycles. The van der Waals surface area contributed by atoms with Crippen LogP contribution < -0.4 is 56.2 Å². The van der Waals surface area contributed by atoms with Crippen molar-refractivity contribution in [2.45, 2.75) is 297 Å². The van der Waals surface area contributed by atoms with Gasteiger partial charge in [0, 0.05) is 110 Å². The number of benzene rings is 4. The number of nitrogens with one attached hydrogen (secondary N) is 7. The average Bonchev–Trinajstić information content (AvgIpc) is 1.47. The van der Waals surface area contributed by atoms with Crippen molar-refractivity contribution in [3.8, 4) is 23.0 Å². The van der Waals surface area contributed by atoms with E-state index < -0.39 is 26.7 Å². The Hall–Kier alpha value is -8.48. The molecule has 4 aromatic rings. The van der Waals surface area contributed by atoms with Gasteiger partial charge in [0.2, 0.25) is 0 Å². The fourth-order valence-electron chi connectivity index (χ4n) is 18.2. The molecule has 7 heterocycles. The lowest BCUT2D eigenvalue weighted by Gasteiger charge is -2.46. The Kier molecular flexibility index (Phi) is 34.1. The van der Waals surface area contributed by atoms with Gasteiger partial charge in [0.05, 0.1) is 33.9 Å². The Morgan fingerprint density at radius 2 is 0.785 bits per heavy atom. The maximum Gasteiger partial charge on any atom is 0.534 e. The summed E-state index contributed by atoms with van der Waals surface area (Å²) in [7, 11) is -0.772. The standard InChI is InChI=1S/C25H30N2O3.C18H25NO3.C17H25NO2.C12H18F3NO5S.C11H19NO3.C9H17NO.CH4/c1-24(2)13-21(16-6-9-18(29-5)10-7-16)22(25(3,4)27-24)15-30-19-11-8-17-14-26-23(28)20(17)12-19;1-17(2)10-15(13-6-8-14(21-5)9-7-13)16(11-22-12-20)18(3,4)19-17;1-16(2)10-14(15(11-19)17(3,4)18-16)12-6-8-13(20-5)9-7-12;1-10(2)5-9(21-22(18,19)12(13,14)15)8(6-20-7-17)11(3,4)16-10;1-10(2)5-9(14)8(6-15-7-13)11(3,4)12-10;1-8(2)5-7(11)6-9(3,4)10-8;/h6-12,27H,13-15H2,1-5H3,(H,26,28);6-9,12,19H,10-11H2,1-5H3;6-9,18-19H,10-11H2,1-5H3;7,16H,5-6H2,1-4H3;7-8,12H,5-6H2,1-4H3;10H,5-6H2,1-4H3;1H4. The SMILES string of the molecule is C.CC1(C)CC(=O)C(COC=O)C(C)(C)N1.CC1(C)CC(=O)CC(C)(C)N1.CC1(C)CC(OS(=O)(=O)C(F)(F)F)=C(COC=O)C(C)(C)N1.COc1ccc(C2=C(CO)C(C)(C)NC(C)(C)C2)cc1.COc1ccc(C2=C(COC=O)C(C)(C)NC(C)(C)C2)cc1.COc1ccc(C2=C(COc3ccc4c(c3)C(=O)NC4)C(C)(C)NC(C)(C)C2)cc1. The number of halogens is 3. The second kappa shape index (κ2) is 40.0. The summed E-state index contributed by atoms with van der Waals surface area (Å²) < 4.78 is 101. The number of piperidine rings is 2. The molecule has 24 nitrogen and oxygen atoms in total. The molecule has 0 bridgehead atoms. The molecular formula is C93H138F3N7O17S. The molecule has 11 rings (SSSR count). The Labute approximate surface area is 717 Å². The van der Waals surface area contributed by atoms with Crippen molar-refractivity contribution < 1.29 is 92.8 Å². The van der Waals surface area contributed by atoms with Crippen molar-refractivity contribution in [3.05, 3.63) is 147 Å². The van der Waals surface area contributed by atoms with Crippen LogP contribution in [-0.4, -0.2) is 177 Å². The number of ether oxygens (including phenoxy) is 7. The third-order valence-electron chi connectivity index (χ3n) is 22.0. The molecule has 2 fully saturated rings. The zero-order chi connectivity index (χ0) is 90.7. The molecule has 1 atom stereocenters. The number of fused-ring (bicyclic) bond motifs is 1. The van der Waals surface area contributed by atoms with E-state index in [0.29, 0.717) is 69.1 Å². The van der Waals surface area contributed by atoms with Crippen molar-refractivity contribution in [2.75, 3.05) is 54.4 Å². The van der Waals surface area contributed by atoms with Crippen molar-refractivity contribution in [3.63, 3.8) is 0 Å². The molecule has 4 aromatic carbocycles. The zero-order valence-electron chi connectivity index (χ0n) is 75.7. The van der Waals surface area contributed by atoms with E-state index in [-0.39, 0.29) is 124 Å². The minimum absolute atomic E-state index is 0. The normalized spacial score (nSPS) is 21.8. The van der Waals surface area contributed by atoms with Crippen molar-refractivity contribution in [1.29, 1.82) is 0 Å². The zero-order valence-corrected chi connectivity index (χ0v) is 76.5. The summed E-state index contributed by atoms with van der Waals surface area (Å²) in [6.07, 6.45) is 4.37. The van der Waals surface area contributed by atoms with Gasteiger partial charge >= 0.3 is 15.6 Å². The summed E-state index contributed by atoms with van der Waals surface area (Å²) in [6, 6.07) is 30.1. The summed E-state index contributed by atoms with van der Waals surface area (Å²) in [6.45, 7) is 51.3. The predicted molar refractivity (Wildman–Crippen MR) is 469 cm³/mol. The number of hydrogen-bond donors (Lipinski definition) is 8. The predicted octanol–water partition coefficient (Wildman–Crippen LogP) is 15.3. The highest BCUT2D eigenvalue weighted by Gasteiger charge is 2.52. The third kappa shape index (κ3) is 28.8. The second-order valence-electron chi connectivity index (χ2n) is 39.1. The van der Waals surface area contributed by atoms with Gasteiger partial charge in [-0.25, -0.2) is 0 Å². The van der Waals surface area contributed by atoms with E-state index >= 15 is 0 Å². The highest BCUT2D eigenvalue weighted by Crippen LogP contribution is 2.45. The maximum atomic E-state index is 12.5. The highest BCUT2D eigenvalue weighted by molar-refractivity contribution is 7.87. The molecule has 0 aliphatic carbocycles. The van der Waals surface area contributed by atoms with E-state index in [1.807, 2.05) is 82.3 Å². The van der Waals surface area contributed by atoms with Gasteiger partial charge in [-0.15, -0.1) is 0 Å². The van der Waals surface area contributed by atoms with Gasteiger partial charge in [-0.1, -0.05) is 49.9 Å². The van der Waals surface area contributed by atoms with Crippen LogP contribution >= 0.6 is 0 Å². The van der Waals surface area contributed by atoms with Crippen LogP contribution in [-0.2, 0) is 59.0 Å². The first-order valence-corrected chi connectivity index (χ1v) is 41.9. The first-order valence-electron chi connectivity index (χ1n) is 40.5. The summed E-state index contributed by atoms with van der Waals surface area (Å²) in [5, 5.41) is 33.7. The monoisotopic (exact) mass is 1710 g/mol. The average molecular weight is 1720 g/mol. The van der Waals surface area contributed by atoms with Crippen LogP contribution in [0, 0.1) is 5.92 Å². The number of rotatable bonds is 21. The molecule has 0 spiro atoms. The van der Waals surface area contributed by atoms with Crippen LogP contribution in [0.2, 0.25) is 0 Å². The van der Waals surface area contributed by atoms with Crippen LogP contribution in [0.25, 0.3) is 16.7 Å². The van der Waals surface area contributed by atoms with Crippen molar-refractivity contribution >= 4 is 63.7 Å². The molecule has 0 radical (unpaired) electrons. The number of hydrogen-bond acceptors (Lipinski definition) is 23. The fourth-order valence-corrected chi connectivity index (χ4v) is 18.7. The summed E-state index contributed by atoms with van der Waals surface area (Å²) in [5.41, 5.74) is 4.12. The molecule has 0 saturated carbocycles. The van der Waals surface area contributed by atoms with Gasteiger partial charge in [-0.3, -0.25) is 28.8 Å². The molecule has 2 saturated heterocycles. The lowest BCUT2D eigenvalue weighted by atomic mass is 9.74. The number of carbonyl (C=O) groups is 6. The first-order chi connectivity index (χ1) is 55.1. The van der Waals surface area contributed by atoms with Gasteiger partial charge in [0.25, 0.3) is 25.3 Å². The molecule has 674 valence electrons. The Morgan fingerprint density at radius 3 is 1.16 bits per heavy atom. The number of Topliss-reactive ketones (excluding diaryl/α,β-unsaturated/α-hetero) is 2. The maximum absolute atomic E-state index is 12.5. The van der Waals surface area contributed by atoms with E-state index in [1.54, 1.807) is 49.0 Å². The highest BCUT2D eigenvalue weighted by atomic mass is 32.2. The van der Waals surface area contributed by atoms with Gasteiger partial charge in [-0.2, -0.15) is 21.6 Å². The molecular weight excluding hydrogens is 1580 g/mol. The molecule has 1 amide bonds.